The van der Waals surface area contributed by atoms with Gasteiger partial charge in [-0.1, -0.05) is 12.1 Å². The summed E-state index contributed by atoms with van der Waals surface area (Å²) in [5.74, 6) is 0.786. The van der Waals surface area contributed by atoms with E-state index in [4.69, 9.17) is 0 Å². The monoisotopic (exact) mass is 425 g/mol. The summed E-state index contributed by atoms with van der Waals surface area (Å²) in [5, 5.41) is 3.55. The van der Waals surface area contributed by atoms with Crippen molar-refractivity contribution in [3.05, 3.63) is 52.8 Å². The molecule has 3 aliphatic carbocycles. The molecule has 1 aliphatic heterocycles. The number of carbonyl (C=O) groups is 1. The lowest BCUT2D eigenvalue weighted by atomic mass is 9.66. The normalized spacial score (nSPS) is 24.4. The third-order valence-electron chi connectivity index (χ3n) is 6.83. The lowest BCUT2D eigenvalue weighted by Gasteiger charge is -2.40. The highest BCUT2D eigenvalue weighted by Gasteiger charge is 2.39. The summed E-state index contributed by atoms with van der Waals surface area (Å²) in [7, 11) is -3.03. The number of amides is 1. The van der Waals surface area contributed by atoms with Crippen molar-refractivity contribution in [2.24, 2.45) is 0 Å². The highest BCUT2D eigenvalue weighted by Crippen LogP contribution is 2.53. The molecule has 6 rings (SSSR count). The average molecular weight is 426 g/mol. The molecule has 158 valence electrons. The van der Waals surface area contributed by atoms with Crippen LogP contribution in [0.2, 0.25) is 0 Å². The number of aryl methyl sites for hydroxylation is 1. The number of hydrogen-bond donors (Lipinski definition) is 1. The molecule has 0 unspecified atom stereocenters. The van der Waals surface area contributed by atoms with Gasteiger partial charge in [-0.15, -0.1) is 0 Å². The second kappa shape index (κ2) is 7.38. The van der Waals surface area contributed by atoms with Crippen LogP contribution in [0.25, 0.3) is 0 Å². The number of nitrogens with zero attached hydrogens (tertiary/aromatic N) is 2. The fourth-order valence-corrected chi connectivity index (χ4v) is 6.48. The van der Waals surface area contributed by atoms with E-state index < -0.39 is 9.84 Å². The topological polar surface area (TPSA) is 79.4 Å². The van der Waals surface area contributed by atoms with Crippen LogP contribution < -0.4 is 5.32 Å². The third-order valence-corrected chi connectivity index (χ3v) is 8.44. The van der Waals surface area contributed by atoms with Gasteiger partial charge in [-0.25, -0.2) is 13.4 Å². The van der Waals surface area contributed by atoms with Gasteiger partial charge in [-0.2, -0.15) is 0 Å². The summed E-state index contributed by atoms with van der Waals surface area (Å²) in [6.45, 7) is 2.59. The molecule has 0 spiro atoms. The molecule has 2 fully saturated rings. The van der Waals surface area contributed by atoms with Gasteiger partial charge < -0.3 is 10.2 Å². The molecule has 7 heteroatoms. The van der Waals surface area contributed by atoms with Crippen molar-refractivity contribution in [1.82, 2.24) is 9.88 Å². The number of sulfone groups is 1. The van der Waals surface area contributed by atoms with Gasteiger partial charge in [0.05, 0.1) is 23.4 Å². The number of benzene rings is 1. The molecule has 1 aromatic carbocycles. The van der Waals surface area contributed by atoms with E-state index in [1.165, 1.54) is 11.1 Å². The zero-order chi connectivity index (χ0) is 20.9. The zero-order valence-electron chi connectivity index (χ0n) is 17.2. The number of anilines is 2. The van der Waals surface area contributed by atoms with Gasteiger partial charge >= 0.3 is 0 Å². The van der Waals surface area contributed by atoms with Crippen molar-refractivity contribution >= 4 is 27.1 Å². The van der Waals surface area contributed by atoms with Crippen molar-refractivity contribution in [2.75, 3.05) is 29.9 Å². The van der Waals surface area contributed by atoms with E-state index in [-0.39, 0.29) is 30.5 Å². The zero-order valence-corrected chi connectivity index (χ0v) is 18.0. The second-order valence-electron chi connectivity index (χ2n) is 8.83. The van der Waals surface area contributed by atoms with Crippen LogP contribution in [-0.4, -0.2) is 48.8 Å². The Kier molecular flexibility index (Phi) is 4.81. The highest BCUT2D eigenvalue weighted by molar-refractivity contribution is 7.91. The van der Waals surface area contributed by atoms with Crippen LogP contribution in [0.4, 0.5) is 11.4 Å². The Morgan fingerprint density at radius 2 is 1.73 bits per heavy atom. The lowest BCUT2D eigenvalue weighted by Crippen LogP contribution is -2.44. The molecular weight excluding hydrogens is 398 g/mol. The number of aromatic nitrogens is 1. The molecule has 1 saturated carbocycles. The molecule has 4 aliphatic rings. The van der Waals surface area contributed by atoms with Crippen molar-refractivity contribution < 1.29 is 13.2 Å². The number of hydrogen-bond acceptors (Lipinski definition) is 5. The molecule has 2 bridgehead atoms. The molecule has 0 atom stereocenters. The highest BCUT2D eigenvalue weighted by atomic mass is 32.2. The minimum Gasteiger partial charge on any atom is -0.354 e. The first-order chi connectivity index (χ1) is 14.4. The van der Waals surface area contributed by atoms with Crippen LogP contribution in [0.3, 0.4) is 0 Å². The molecule has 6 nitrogen and oxygen atoms in total. The summed E-state index contributed by atoms with van der Waals surface area (Å²) in [6.07, 6.45) is 6.30. The fourth-order valence-electron chi connectivity index (χ4n) is 5.28. The van der Waals surface area contributed by atoms with E-state index in [0.29, 0.717) is 17.5 Å². The minimum atomic E-state index is -3.03. The molecule has 1 saturated heterocycles. The van der Waals surface area contributed by atoms with Crippen molar-refractivity contribution in [3.8, 4) is 0 Å². The summed E-state index contributed by atoms with van der Waals surface area (Å²) in [5.41, 5.74) is 6.11. The maximum Gasteiger partial charge on any atom is 0.272 e. The third kappa shape index (κ3) is 3.49. The van der Waals surface area contributed by atoms with Gasteiger partial charge in [0.2, 0.25) is 0 Å². The molecule has 2 aromatic rings. The quantitative estimate of drug-likeness (QED) is 0.810. The first kappa shape index (κ1) is 19.5. The van der Waals surface area contributed by atoms with Gasteiger partial charge in [-0.3, -0.25) is 4.79 Å². The number of nitrogens with one attached hydrogen (secondary N) is 1. The van der Waals surface area contributed by atoms with Crippen LogP contribution in [0.15, 0.2) is 30.5 Å². The number of pyridine rings is 1. The molecule has 2 heterocycles. The first-order valence-corrected chi connectivity index (χ1v) is 12.6. The number of rotatable bonds is 3. The van der Waals surface area contributed by atoms with Crippen LogP contribution in [-0.2, 0) is 9.84 Å². The first-order valence-electron chi connectivity index (χ1n) is 10.8. The number of carbonyl (C=O) groups excluding carboxylic acids is 1. The minimum absolute atomic E-state index is 0.0416. The molecule has 1 aromatic heterocycles. The maximum atomic E-state index is 13.3. The van der Waals surface area contributed by atoms with E-state index in [1.54, 1.807) is 11.1 Å². The standard InChI is InChI=1S/C23H27N3O3S/c1-15-3-2-4-18(13-15)25-19-14-24-22(21-17-7-5-16(6-8-17)20(19)21)23(27)26-9-11-30(28,29)12-10-26/h2-4,13-14,16-17,25H,5-12H2,1H3. The Bertz CT molecular complexity index is 1090. The van der Waals surface area contributed by atoms with Crippen LogP contribution in [0.1, 0.15) is 64.7 Å². The van der Waals surface area contributed by atoms with Gasteiger partial charge in [0.1, 0.15) is 5.69 Å². The Morgan fingerprint density at radius 3 is 2.40 bits per heavy atom. The molecular formula is C23H27N3O3S. The summed E-state index contributed by atoms with van der Waals surface area (Å²) in [4.78, 5) is 19.6. The predicted molar refractivity (Wildman–Crippen MR) is 117 cm³/mol. The van der Waals surface area contributed by atoms with E-state index in [9.17, 15) is 13.2 Å². The van der Waals surface area contributed by atoms with E-state index in [0.717, 1.165) is 42.6 Å². The van der Waals surface area contributed by atoms with Crippen LogP contribution in [0.5, 0.6) is 0 Å². The molecule has 30 heavy (non-hydrogen) atoms. The van der Waals surface area contributed by atoms with E-state index in [1.807, 2.05) is 12.1 Å². The lowest BCUT2D eigenvalue weighted by molar-refractivity contribution is 0.0761. The summed E-state index contributed by atoms with van der Waals surface area (Å²) >= 11 is 0. The van der Waals surface area contributed by atoms with Crippen LogP contribution >= 0.6 is 0 Å². The van der Waals surface area contributed by atoms with Crippen molar-refractivity contribution in [1.29, 1.82) is 0 Å². The molecule has 1 N–H and O–H groups in total. The smallest absolute Gasteiger partial charge is 0.272 e. The second-order valence-corrected chi connectivity index (χ2v) is 11.1. The van der Waals surface area contributed by atoms with Gasteiger partial charge in [0.25, 0.3) is 5.91 Å². The maximum absolute atomic E-state index is 13.3. The largest absolute Gasteiger partial charge is 0.354 e. The van der Waals surface area contributed by atoms with Crippen molar-refractivity contribution in [2.45, 2.75) is 44.4 Å². The molecule has 1 amide bonds. The summed E-state index contributed by atoms with van der Waals surface area (Å²) in [6, 6.07) is 8.27. The van der Waals surface area contributed by atoms with Crippen LogP contribution in [0, 0.1) is 6.92 Å². The van der Waals surface area contributed by atoms with Gasteiger partial charge in [-0.05, 0) is 73.3 Å². The Morgan fingerprint density at radius 1 is 1.07 bits per heavy atom. The van der Waals surface area contributed by atoms with E-state index in [2.05, 4.69) is 29.4 Å². The van der Waals surface area contributed by atoms with E-state index >= 15 is 0 Å². The summed E-state index contributed by atoms with van der Waals surface area (Å²) < 4.78 is 23.5. The Labute approximate surface area is 177 Å². The predicted octanol–water partition coefficient (Wildman–Crippen LogP) is 3.76. The fraction of sp³-hybridized carbons (Fsp3) is 0.478. The van der Waals surface area contributed by atoms with Gasteiger partial charge in [0.15, 0.2) is 9.84 Å². The van der Waals surface area contributed by atoms with Gasteiger partial charge in [0, 0.05) is 18.8 Å². The Balaban J connectivity index is 1.52. The average Bonchev–Trinajstić information content (AvgIpc) is 2.74. The van der Waals surface area contributed by atoms with Crippen molar-refractivity contribution in [3.63, 3.8) is 0 Å². The Hall–Kier alpha value is -2.41. The molecule has 0 radical (unpaired) electrons. The number of fused-ring (bicyclic) bond motifs is 2. The SMILES string of the molecule is Cc1cccc(Nc2cnc(C(=O)N3CCS(=O)(=O)CC3)c3c2C2CCC3CC2)c1.